The highest BCUT2D eigenvalue weighted by Gasteiger charge is 2.23. The lowest BCUT2D eigenvalue weighted by atomic mass is 9.95. The number of nitrogens with one attached hydrogen (secondary N) is 2. The van der Waals surface area contributed by atoms with E-state index in [1.807, 2.05) is 48.5 Å². The van der Waals surface area contributed by atoms with Crippen LogP contribution in [0.1, 0.15) is 60.9 Å². The lowest BCUT2D eigenvalue weighted by Gasteiger charge is -2.25. The number of nitrogens with zero attached hydrogens (tertiary/aromatic N) is 1. The molecule has 31 heavy (non-hydrogen) atoms. The molecule has 2 amide bonds. The maximum Gasteiger partial charge on any atom is 0.253 e. The number of amides is 2. The molecular weight excluding hydrogens is 386 g/mol. The molecule has 2 aromatic carbocycles. The maximum atomic E-state index is 13.2. The van der Waals surface area contributed by atoms with Crippen LogP contribution in [-0.4, -0.2) is 30.9 Å². The van der Waals surface area contributed by atoms with Crippen molar-refractivity contribution in [2.24, 2.45) is 0 Å². The lowest BCUT2D eigenvalue weighted by molar-refractivity contribution is -0.111. The van der Waals surface area contributed by atoms with E-state index in [-0.39, 0.29) is 17.9 Å². The molecule has 0 radical (unpaired) electrons. The summed E-state index contributed by atoms with van der Waals surface area (Å²) in [5.74, 6) is -0.249. The SMILES string of the molecule is O=C(/C=C/c1ccccc1)Nc1ccc(N2CCCC2)c(C(=O)NC2CCCCC2)c1. The van der Waals surface area contributed by atoms with E-state index in [0.717, 1.165) is 50.0 Å². The third kappa shape index (κ3) is 5.75. The summed E-state index contributed by atoms with van der Waals surface area (Å²) in [6.45, 7) is 1.93. The van der Waals surface area contributed by atoms with Crippen molar-refractivity contribution in [3.05, 3.63) is 65.7 Å². The van der Waals surface area contributed by atoms with Crippen LogP contribution in [0.3, 0.4) is 0 Å². The number of hydrogen-bond acceptors (Lipinski definition) is 3. The first-order chi connectivity index (χ1) is 15.2. The average molecular weight is 418 g/mol. The molecule has 4 rings (SSSR count). The smallest absolute Gasteiger partial charge is 0.253 e. The van der Waals surface area contributed by atoms with Gasteiger partial charge in [-0.1, -0.05) is 49.6 Å². The normalized spacial score (nSPS) is 17.1. The number of anilines is 2. The molecule has 2 N–H and O–H groups in total. The predicted molar refractivity (Wildman–Crippen MR) is 126 cm³/mol. The summed E-state index contributed by atoms with van der Waals surface area (Å²) in [6.07, 6.45) is 11.3. The van der Waals surface area contributed by atoms with Crippen molar-refractivity contribution in [2.75, 3.05) is 23.3 Å². The summed E-state index contributed by atoms with van der Waals surface area (Å²) in [4.78, 5) is 27.9. The molecule has 0 unspecified atom stereocenters. The zero-order chi connectivity index (χ0) is 21.5. The molecule has 0 aromatic heterocycles. The van der Waals surface area contributed by atoms with Crippen LogP contribution in [0.2, 0.25) is 0 Å². The highest BCUT2D eigenvalue weighted by atomic mass is 16.2. The molecule has 0 bridgehead atoms. The fourth-order valence-electron chi connectivity index (χ4n) is 4.46. The van der Waals surface area contributed by atoms with Gasteiger partial charge in [-0.2, -0.15) is 0 Å². The topological polar surface area (TPSA) is 61.4 Å². The second-order valence-corrected chi connectivity index (χ2v) is 8.47. The Balaban J connectivity index is 1.50. The van der Waals surface area contributed by atoms with Crippen LogP contribution in [0.25, 0.3) is 6.08 Å². The summed E-state index contributed by atoms with van der Waals surface area (Å²) < 4.78 is 0. The van der Waals surface area contributed by atoms with Gasteiger partial charge in [-0.05, 0) is 55.5 Å². The van der Waals surface area contributed by atoms with Gasteiger partial charge in [0.15, 0.2) is 0 Å². The van der Waals surface area contributed by atoms with Gasteiger partial charge in [0.05, 0.1) is 5.56 Å². The quantitative estimate of drug-likeness (QED) is 0.650. The summed E-state index contributed by atoms with van der Waals surface area (Å²) in [5, 5.41) is 6.14. The summed E-state index contributed by atoms with van der Waals surface area (Å²) in [7, 11) is 0. The van der Waals surface area contributed by atoms with E-state index in [1.165, 1.54) is 25.3 Å². The molecule has 0 atom stereocenters. The highest BCUT2D eigenvalue weighted by Crippen LogP contribution is 2.28. The van der Waals surface area contributed by atoms with Crippen LogP contribution in [0.15, 0.2) is 54.6 Å². The Labute approximate surface area is 184 Å². The Morgan fingerprint density at radius 3 is 2.39 bits per heavy atom. The summed E-state index contributed by atoms with van der Waals surface area (Å²) in [6, 6.07) is 15.6. The van der Waals surface area contributed by atoms with E-state index in [4.69, 9.17) is 0 Å². The molecule has 5 nitrogen and oxygen atoms in total. The minimum Gasteiger partial charge on any atom is -0.371 e. The zero-order valence-corrected chi connectivity index (χ0v) is 18.0. The van der Waals surface area contributed by atoms with Crippen molar-refractivity contribution in [3.63, 3.8) is 0 Å². The van der Waals surface area contributed by atoms with E-state index in [0.29, 0.717) is 11.3 Å². The highest BCUT2D eigenvalue weighted by molar-refractivity contribution is 6.05. The summed E-state index contributed by atoms with van der Waals surface area (Å²) >= 11 is 0. The van der Waals surface area contributed by atoms with Gasteiger partial charge in [-0.3, -0.25) is 9.59 Å². The third-order valence-electron chi connectivity index (χ3n) is 6.12. The molecule has 1 aliphatic heterocycles. The summed E-state index contributed by atoms with van der Waals surface area (Å²) in [5.41, 5.74) is 3.22. The standard InChI is InChI=1S/C26H31N3O2/c30-25(16-13-20-9-3-1-4-10-20)27-22-14-15-24(29-17-7-8-18-29)23(19-22)26(31)28-21-11-5-2-6-12-21/h1,3-4,9-10,13-16,19,21H,2,5-8,11-12,17-18H2,(H,27,30)(H,28,31)/b16-13+. The molecule has 162 valence electrons. The first kappa shape index (κ1) is 21.2. The first-order valence-electron chi connectivity index (χ1n) is 11.4. The number of rotatable bonds is 6. The van der Waals surface area contributed by atoms with E-state index in [2.05, 4.69) is 15.5 Å². The molecule has 0 spiro atoms. The van der Waals surface area contributed by atoms with E-state index < -0.39 is 0 Å². The van der Waals surface area contributed by atoms with Gasteiger partial charge in [-0.15, -0.1) is 0 Å². The van der Waals surface area contributed by atoms with Crippen molar-refractivity contribution in [1.82, 2.24) is 5.32 Å². The van der Waals surface area contributed by atoms with Crippen LogP contribution in [0, 0.1) is 0 Å². The van der Waals surface area contributed by atoms with Crippen LogP contribution >= 0.6 is 0 Å². The van der Waals surface area contributed by atoms with Gasteiger partial charge >= 0.3 is 0 Å². The Hall–Kier alpha value is -3.08. The molecule has 1 saturated heterocycles. The Bertz CT molecular complexity index is 927. The van der Waals surface area contributed by atoms with Gasteiger partial charge in [-0.25, -0.2) is 0 Å². The molecule has 2 aromatic rings. The van der Waals surface area contributed by atoms with Crippen LogP contribution in [0.4, 0.5) is 11.4 Å². The predicted octanol–water partition coefficient (Wildman–Crippen LogP) is 5.00. The number of carbonyl (C=O) groups is 2. The second-order valence-electron chi connectivity index (χ2n) is 8.47. The van der Waals surface area contributed by atoms with E-state index >= 15 is 0 Å². The van der Waals surface area contributed by atoms with Crippen molar-refractivity contribution >= 4 is 29.3 Å². The molecular formula is C26H31N3O2. The third-order valence-corrected chi connectivity index (χ3v) is 6.12. The molecule has 1 heterocycles. The second kappa shape index (κ2) is 10.3. The number of carbonyl (C=O) groups excluding carboxylic acids is 2. The zero-order valence-electron chi connectivity index (χ0n) is 18.0. The molecule has 5 heteroatoms. The lowest BCUT2D eigenvalue weighted by Crippen LogP contribution is -2.37. The average Bonchev–Trinajstić information content (AvgIpc) is 3.34. The van der Waals surface area contributed by atoms with Gasteiger partial charge < -0.3 is 15.5 Å². The fourth-order valence-corrected chi connectivity index (χ4v) is 4.46. The maximum absolute atomic E-state index is 13.2. The van der Waals surface area contributed by atoms with E-state index in [1.54, 1.807) is 6.08 Å². The largest absolute Gasteiger partial charge is 0.371 e. The number of benzene rings is 2. The van der Waals surface area contributed by atoms with Gasteiger partial charge in [0.2, 0.25) is 5.91 Å². The number of hydrogen-bond donors (Lipinski definition) is 2. The minimum atomic E-state index is -0.212. The van der Waals surface area contributed by atoms with Gasteiger partial charge in [0.1, 0.15) is 0 Å². The van der Waals surface area contributed by atoms with Crippen molar-refractivity contribution < 1.29 is 9.59 Å². The van der Waals surface area contributed by atoms with Crippen LogP contribution in [0.5, 0.6) is 0 Å². The molecule has 1 saturated carbocycles. The molecule has 1 aliphatic carbocycles. The van der Waals surface area contributed by atoms with Crippen LogP contribution in [-0.2, 0) is 4.79 Å². The minimum absolute atomic E-state index is 0.0373. The van der Waals surface area contributed by atoms with Gasteiger partial charge in [0, 0.05) is 36.6 Å². The Morgan fingerprint density at radius 1 is 0.903 bits per heavy atom. The molecule has 2 aliphatic rings. The van der Waals surface area contributed by atoms with Crippen LogP contribution < -0.4 is 15.5 Å². The van der Waals surface area contributed by atoms with Crippen molar-refractivity contribution in [2.45, 2.75) is 51.0 Å². The first-order valence-corrected chi connectivity index (χ1v) is 11.4. The fraction of sp³-hybridized carbons (Fsp3) is 0.385. The van der Waals surface area contributed by atoms with Crippen molar-refractivity contribution in [1.29, 1.82) is 0 Å². The monoisotopic (exact) mass is 417 g/mol. The molecule has 2 fully saturated rings. The Kier molecular flexibility index (Phi) is 7.03. The van der Waals surface area contributed by atoms with Crippen molar-refractivity contribution in [3.8, 4) is 0 Å². The Morgan fingerprint density at radius 2 is 1.65 bits per heavy atom. The van der Waals surface area contributed by atoms with Gasteiger partial charge in [0.25, 0.3) is 5.91 Å². The van der Waals surface area contributed by atoms with E-state index in [9.17, 15) is 9.59 Å².